The van der Waals surface area contributed by atoms with Gasteiger partial charge >= 0.3 is 0 Å². The van der Waals surface area contributed by atoms with Crippen LogP contribution in [0.1, 0.15) is 24.8 Å². The SMILES string of the molecule is COCC1(C(=O)NCCC(=O)Nc2cc(C)c(Cl)cc2OC)CCNCC1.Cl. The number of carbonyl (C=O) groups excluding carboxylic acids is 2. The molecule has 0 aromatic heterocycles. The number of hydrogen-bond donors (Lipinski definition) is 3. The highest BCUT2D eigenvalue weighted by Crippen LogP contribution is 2.31. The van der Waals surface area contributed by atoms with Crippen LogP contribution >= 0.6 is 24.0 Å². The Morgan fingerprint density at radius 2 is 1.93 bits per heavy atom. The Hall–Kier alpha value is -1.54. The number of nitrogens with one attached hydrogen (secondary N) is 3. The van der Waals surface area contributed by atoms with Gasteiger partial charge < -0.3 is 25.4 Å². The zero-order chi connectivity index (χ0) is 19.9. The maximum Gasteiger partial charge on any atom is 0.228 e. The average molecular weight is 434 g/mol. The molecule has 0 spiro atoms. The topological polar surface area (TPSA) is 88.7 Å². The highest BCUT2D eigenvalue weighted by Gasteiger charge is 2.39. The molecule has 1 aromatic rings. The highest BCUT2D eigenvalue weighted by atomic mass is 35.5. The van der Waals surface area contributed by atoms with E-state index in [2.05, 4.69) is 16.0 Å². The van der Waals surface area contributed by atoms with Gasteiger partial charge in [-0.05, 0) is 44.5 Å². The molecule has 2 rings (SSSR count). The van der Waals surface area contributed by atoms with Crippen LogP contribution in [0.3, 0.4) is 0 Å². The summed E-state index contributed by atoms with van der Waals surface area (Å²) in [5, 5.41) is 9.52. The van der Waals surface area contributed by atoms with Crippen molar-refractivity contribution < 1.29 is 19.1 Å². The minimum Gasteiger partial charge on any atom is -0.495 e. The second-order valence-electron chi connectivity index (χ2n) is 6.82. The smallest absolute Gasteiger partial charge is 0.228 e. The minimum absolute atomic E-state index is 0. The molecule has 1 aliphatic rings. The number of piperidine rings is 1. The van der Waals surface area contributed by atoms with Crippen molar-refractivity contribution >= 4 is 41.5 Å². The van der Waals surface area contributed by atoms with E-state index in [-0.39, 0.29) is 37.2 Å². The van der Waals surface area contributed by atoms with Gasteiger partial charge in [0, 0.05) is 31.2 Å². The van der Waals surface area contributed by atoms with Crippen molar-refractivity contribution in [2.24, 2.45) is 5.41 Å². The molecule has 1 aliphatic heterocycles. The van der Waals surface area contributed by atoms with Crippen molar-refractivity contribution in [3.8, 4) is 5.75 Å². The quantitative estimate of drug-likeness (QED) is 0.585. The van der Waals surface area contributed by atoms with E-state index in [1.165, 1.54) is 7.11 Å². The highest BCUT2D eigenvalue weighted by molar-refractivity contribution is 6.31. The number of aryl methyl sites for hydroxylation is 1. The van der Waals surface area contributed by atoms with Crippen LogP contribution in [0, 0.1) is 12.3 Å². The Morgan fingerprint density at radius 3 is 2.54 bits per heavy atom. The van der Waals surface area contributed by atoms with Crippen LogP contribution in [0.2, 0.25) is 5.02 Å². The molecule has 28 heavy (non-hydrogen) atoms. The second-order valence-corrected chi connectivity index (χ2v) is 7.23. The van der Waals surface area contributed by atoms with Gasteiger partial charge in [-0.15, -0.1) is 12.4 Å². The van der Waals surface area contributed by atoms with E-state index in [4.69, 9.17) is 21.1 Å². The maximum atomic E-state index is 12.6. The first kappa shape index (κ1) is 24.5. The zero-order valence-electron chi connectivity index (χ0n) is 16.5. The van der Waals surface area contributed by atoms with Gasteiger partial charge in [0.25, 0.3) is 0 Å². The lowest BCUT2D eigenvalue weighted by Gasteiger charge is -2.35. The van der Waals surface area contributed by atoms with Crippen molar-refractivity contribution in [3.63, 3.8) is 0 Å². The predicted octanol–water partition coefficient (Wildman–Crippen LogP) is 2.54. The summed E-state index contributed by atoms with van der Waals surface area (Å²) in [6.45, 7) is 4.07. The van der Waals surface area contributed by atoms with Crippen LogP contribution in [-0.4, -0.2) is 52.3 Å². The fraction of sp³-hybridized carbons (Fsp3) is 0.579. The summed E-state index contributed by atoms with van der Waals surface area (Å²) < 4.78 is 10.5. The summed E-state index contributed by atoms with van der Waals surface area (Å²) in [5.74, 6) is 0.233. The van der Waals surface area contributed by atoms with Crippen LogP contribution in [-0.2, 0) is 14.3 Å². The molecule has 1 aromatic carbocycles. The molecule has 0 atom stereocenters. The summed E-state index contributed by atoms with van der Waals surface area (Å²) in [5.41, 5.74) is 0.880. The third-order valence-electron chi connectivity index (χ3n) is 4.86. The molecule has 2 amide bonds. The summed E-state index contributed by atoms with van der Waals surface area (Å²) >= 11 is 6.08. The van der Waals surface area contributed by atoms with Crippen LogP contribution in [0.15, 0.2) is 12.1 Å². The van der Waals surface area contributed by atoms with E-state index in [0.717, 1.165) is 31.5 Å². The molecule has 0 aliphatic carbocycles. The number of ether oxygens (including phenoxy) is 2. The largest absolute Gasteiger partial charge is 0.495 e. The molecule has 0 saturated carbocycles. The first-order valence-corrected chi connectivity index (χ1v) is 9.41. The lowest BCUT2D eigenvalue weighted by molar-refractivity contribution is -0.136. The number of benzene rings is 1. The molecule has 158 valence electrons. The van der Waals surface area contributed by atoms with Crippen molar-refractivity contribution in [3.05, 3.63) is 22.7 Å². The van der Waals surface area contributed by atoms with Gasteiger partial charge in [-0.2, -0.15) is 0 Å². The average Bonchev–Trinajstić information content (AvgIpc) is 2.65. The van der Waals surface area contributed by atoms with E-state index >= 15 is 0 Å². The fourth-order valence-corrected chi connectivity index (χ4v) is 3.39. The number of rotatable bonds is 8. The molecule has 1 heterocycles. The second kappa shape index (κ2) is 11.5. The van der Waals surface area contributed by atoms with Crippen LogP contribution in [0.5, 0.6) is 5.75 Å². The Balaban J connectivity index is 0.00000392. The summed E-state index contributed by atoms with van der Waals surface area (Å²) in [6.07, 6.45) is 1.61. The van der Waals surface area contributed by atoms with E-state index in [1.807, 2.05) is 6.92 Å². The van der Waals surface area contributed by atoms with E-state index < -0.39 is 5.41 Å². The van der Waals surface area contributed by atoms with Gasteiger partial charge in [0.1, 0.15) is 5.75 Å². The van der Waals surface area contributed by atoms with Gasteiger partial charge in [-0.25, -0.2) is 0 Å². The lowest BCUT2D eigenvalue weighted by Crippen LogP contribution is -2.50. The molecule has 0 bridgehead atoms. The Kier molecular flexibility index (Phi) is 10.0. The van der Waals surface area contributed by atoms with Gasteiger partial charge in [0.2, 0.25) is 11.8 Å². The predicted molar refractivity (Wildman–Crippen MR) is 113 cm³/mol. The van der Waals surface area contributed by atoms with Crippen molar-refractivity contribution in [1.82, 2.24) is 10.6 Å². The third kappa shape index (κ3) is 6.24. The van der Waals surface area contributed by atoms with Gasteiger partial charge in [-0.1, -0.05) is 11.6 Å². The number of halogens is 2. The third-order valence-corrected chi connectivity index (χ3v) is 5.26. The maximum absolute atomic E-state index is 12.6. The molecular formula is C19H29Cl2N3O4. The molecule has 1 fully saturated rings. The van der Waals surface area contributed by atoms with E-state index in [0.29, 0.717) is 23.1 Å². The van der Waals surface area contributed by atoms with Crippen LogP contribution < -0.4 is 20.7 Å². The van der Waals surface area contributed by atoms with Crippen molar-refractivity contribution in [2.45, 2.75) is 26.2 Å². The number of methoxy groups -OCH3 is 2. The lowest BCUT2D eigenvalue weighted by atomic mass is 9.78. The molecule has 1 saturated heterocycles. The van der Waals surface area contributed by atoms with E-state index in [9.17, 15) is 9.59 Å². The minimum atomic E-state index is -0.521. The number of amides is 2. The number of anilines is 1. The molecule has 0 unspecified atom stereocenters. The van der Waals surface area contributed by atoms with E-state index in [1.54, 1.807) is 19.2 Å². The summed E-state index contributed by atoms with van der Waals surface area (Å²) in [6, 6.07) is 3.43. The van der Waals surface area contributed by atoms with Gasteiger partial charge in [0.15, 0.2) is 0 Å². The van der Waals surface area contributed by atoms with Gasteiger partial charge in [0.05, 0.1) is 24.8 Å². The molecule has 9 heteroatoms. The molecule has 7 nitrogen and oxygen atoms in total. The zero-order valence-corrected chi connectivity index (χ0v) is 18.1. The normalized spacial score (nSPS) is 15.3. The Bertz CT molecular complexity index is 674. The number of hydrogen-bond acceptors (Lipinski definition) is 5. The standard InChI is InChI=1S/C19H28ClN3O4.ClH/c1-13-10-15(16(27-3)11-14(13)20)23-17(24)4-7-22-18(25)19(12-26-2)5-8-21-9-6-19;/h10-11,21H,4-9,12H2,1-3H3,(H,22,25)(H,23,24);1H. The molecule has 3 N–H and O–H groups in total. The molecular weight excluding hydrogens is 405 g/mol. The van der Waals surface area contributed by atoms with Crippen molar-refractivity contribution in [1.29, 1.82) is 0 Å². The molecule has 0 radical (unpaired) electrons. The first-order valence-electron chi connectivity index (χ1n) is 9.04. The first-order chi connectivity index (χ1) is 12.9. The van der Waals surface area contributed by atoms with Gasteiger partial charge in [-0.3, -0.25) is 9.59 Å². The summed E-state index contributed by atoms with van der Waals surface area (Å²) in [7, 11) is 3.12. The fourth-order valence-electron chi connectivity index (χ4n) is 3.24. The summed E-state index contributed by atoms with van der Waals surface area (Å²) in [4.78, 5) is 24.9. The number of carbonyl (C=O) groups is 2. The van der Waals surface area contributed by atoms with Crippen molar-refractivity contribution in [2.75, 3.05) is 45.8 Å². The van der Waals surface area contributed by atoms with Crippen LogP contribution in [0.25, 0.3) is 0 Å². The Labute approximate surface area is 177 Å². The Morgan fingerprint density at radius 1 is 1.25 bits per heavy atom. The monoisotopic (exact) mass is 433 g/mol. The van der Waals surface area contributed by atoms with Crippen LogP contribution in [0.4, 0.5) is 5.69 Å².